The molecular weight excluding hydrogens is 330 g/mol. The van der Waals surface area contributed by atoms with E-state index in [9.17, 15) is 18.0 Å². The Kier molecular flexibility index (Phi) is 6.25. The molecule has 0 aromatic rings. The van der Waals surface area contributed by atoms with Crippen molar-refractivity contribution < 1.29 is 18.0 Å². The highest BCUT2D eigenvalue weighted by Crippen LogP contribution is 2.29. The fourth-order valence-electron chi connectivity index (χ4n) is 3.68. The lowest BCUT2D eigenvalue weighted by Gasteiger charge is -2.36. The third-order valence-electron chi connectivity index (χ3n) is 4.96. The van der Waals surface area contributed by atoms with Gasteiger partial charge in [0.2, 0.25) is 21.8 Å². The second-order valence-corrected chi connectivity index (χ2v) is 8.95. The SMILES string of the molecule is CC(NC(=O)C1(NS(C)(=O)=O)CCCCC1)C(=O)NC1CCCC1. The molecule has 1 atom stereocenters. The number of amides is 2. The highest BCUT2D eigenvalue weighted by Gasteiger charge is 2.42. The Morgan fingerprint density at radius 1 is 1.04 bits per heavy atom. The second-order valence-electron chi connectivity index (χ2n) is 7.20. The number of carbonyl (C=O) groups is 2. The van der Waals surface area contributed by atoms with Gasteiger partial charge in [0, 0.05) is 6.04 Å². The van der Waals surface area contributed by atoms with Gasteiger partial charge in [0.1, 0.15) is 11.6 Å². The molecule has 7 nitrogen and oxygen atoms in total. The van der Waals surface area contributed by atoms with E-state index in [4.69, 9.17) is 0 Å². The minimum Gasteiger partial charge on any atom is -0.352 e. The molecule has 0 bridgehead atoms. The molecule has 8 heteroatoms. The van der Waals surface area contributed by atoms with E-state index < -0.39 is 27.5 Å². The fourth-order valence-corrected chi connectivity index (χ4v) is 4.69. The van der Waals surface area contributed by atoms with E-state index in [0.29, 0.717) is 12.8 Å². The highest BCUT2D eigenvalue weighted by molar-refractivity contribution is 7.88. The van der Waals surface area contributed by atoms with E-state index in [2.05, 4.69) is 15.4 Å². The highest BCUT2D eigenvalue weighted by atomic mass is 32.2. The maximum atomic E-state index is 12.7. The third-order valence-corrected chi connectivity index (χ3v) is 5.73. The van der Waals surface area contributed by atoms with Crippen molar-refractivity contribution in [2.24, 2.45) is 0 Å². The van der Waals surface area contributed by atoms with E-state index in [1.807, 2.05) is 0 Å². The molecule has 2 fully saturated rings. The Labute approximate surface area is 144 Å². The van der Waals surface area contributed by atoms with Gasteiger partial charge in [-0.05, 0) is 32.6 Å². The Bertz CT molecular complexity index is 564. The fraction of sp³-hybridized carbons (Fsp3) is 0.875. The number of nitrogens with one attached hydrogen (secondary N) is 3. The van der Waals surface area contributed by atoms with Crippen molar-refractivity contribution in [2.75, 3.05) is 6.26 Å². The molecule has 138 valence electrons. The lowest BCUT2D eigenvalue weighted by molar-refractivity contribution is -0.133. The molecule has 24 heavy (non-hydrogen) atoms. The van der Waals surface area contributed by atoms with Crippen LogP contribution in [0.15, 0.2) is 0 Å². The summed E-state index contributed by atoms with van der Waals surface area (Å²) in [6.45, 7) is 1.64. The van der Waals surface area contributed by atoms with Crippen LogP contribution < -0.4 is 15.4 Å². The van der Waals surface area contributed by atoms with Gasteiger partial charge in [-0.15, -0.1) is 0 Å². The molecule has 0 radical (unpaired) electrons. The predicted octanol–water partition coefficient (Wildman–Crippen LogP) is 0.802. The average molecular weight is 359 g/mol. The molecule has 2 saturated carbocycles. The Morgan fingerprint density at radius 2 is 1.62 bits per heavy atom. The lowest BCUT2D eigenvalue weighted by atomic mass is 9.81. The molecule has 2 aliphatic rings. The van der Waals surface area contributed by atoms with Gasteiger partial charge >= 0.3 is 0 Å². The van der Waals surface area contributed by atoms with E-state index in [0.717, 1.165) is 51.2 Å². The standard InChI is InChI=1S/C16H29N3O4S/c1-12(14(20)18-13-8-4-5-9-13)17-15(21)16(19-24(2,22)23)10-6-3-7-11-16/h12-13,19H,3-11H2,1-2H3,(H,17,21)(H,18,20). The number of carbonyl (C=O) groups excluding carboxylic acids is 2. The van der Waals surface area contributed by atoms with Gasteiger partial charge in [0.25, 0.3) is 0 Å². The van der Waals surface area contributed by atoms with Crippen LogP contribution in [0.25, 0.3) is 0 Å². The monoisotopic (exact) mass is 359 g/mol. The normalized spacial score (nSPS) is 22.8. The molecule has 2 rings (SSSR count). The smallest absolute Gasteiger partial charge is 0.242 e. The van der Waals surface area contributed by atoms with Crippen LogP contribution in [0, 0.1) is 0 Å². The van der Waals surface area contributed by atoms with Crippen molar-refractivity contribution in [3.63, 3.8) is 0 Å². The van der Waals surface area contributed by atoms with E-state index in [1.54, 1.807) is 6.92 Å². The zero-order valence-electron chi connectivity index (χ0n) is 14.6. The maximum absolute atomic E-state index is 12.7. The van der Waals surface area contributed by atoms with Crippen molar-refractivity contribution >= 4 is 21.8 Å². The summed E-state index contributed by atoms with van der Waals surface area (Å²) in [5, 5.41) is 5.66. The van der Waals surface area contributed by atoms with Crippen LogP contribution in [-0.2, 0) is 19.6 Å². The molecule has 0 aromatic carbocycles. The van der Waals surface area contributed by atoms with Crippen LogP contribution in [0.1, 0.15) is 64.7 Å². The average Bonchev–Trinajstić information content (AvgIpc) is 2.99. The van der Waals surface area contributed by atoms with Crippen LogP contribution in [-0.4, -0.2) is 44.1 Å². The van der Waals surface area contributed by atoms with Gasteiger partial charge in [-0.3, -0.25) is 9.59 Å². The van der Waals surface area contributed by atoms with Crippen LogP contribution in [0.3, 0.4) is 0 Å². The molecule has 1 unspecified atom stereocenters. The summed E-state index contributed by atoms with van der Waals surface area (Å²) < 4.78 is 25.9. The first-order valence-electron chi connectivity index (χ1n) is 8.82. The Balaban J connectivity index is 1.99. The first-order chi connectivity index (χ1) is 11.2. The number of hydrogen-bond donors (Lipinski definition) is 3. The molecule has 0 spiro atoms. The predicted molar refractivity (Wildman–Crippen MR) is 91.8 cm³/mol. The molecule has 2 aliphatic carbocycles. The van der Waals surface area contributed by atoms with Crippen molar-refractivity contribution in [3.05, 3.63) is 0 Å². The molecular formula is C16H29N3O4S. The van der Waals surface area contributed by atoms with Gasteiger partial charge in [-0.2, -0.15) is 4.72 Å². The summed E-state index contributed by atoms with van der Waals surface area (Å²) in [6, 6.07) is -0.493. The maximum Gasteiger partial charge on any atom is 0.242 e. The second kappa shape index (κ2) is 7.82. The van der Waals surface area contributed by atoms with E-state index in [-0.39, 0.29) is 11.9 Å². The van der Waals surface area contributed by atoms with Crippen LogP contribution in [0.4, 0.5) is 0 Å². The molecule has 3 N–H and O–H groups in total. The summed E-state index contributed by atoms with van der Waals surface area (Å²) in [7, 11) is -3.51. The molecule has 0 aromatic heterocycles. The molecule has 0 heterocycles. The minimum absolute atomic E-state index is 0.189. The van der Waals surface area contributed by atoms with Crippen molar-refractivity contribution in [1.29, 1.82) is 0 Å². The van der Waals surface area contributed by atoms with Gasteiger partial charge in [-0.25, -0.2) is 8.42 Å². The van der Waals surface area contributed by atoms with E-state index in [1.165, 1.54) is 0 Å². The van der Waals surface area contributed by atoms with Crippen molar-refractivity contribution in [3.8, 4) is 0 Å². The Hall–Kier alpha value is -1.15. The zero-order valence-corrected chi connectivity index (χ0v) is 15.4. The van der Waals surface area contributed by atoms with Crippen molar-refractivity contribution in [1.82, 2.24) is 15.4 Å². The first kappa shape index (κ1) is 19.2. The molecule has 0 saturated heterocycles. The lowest BCUT2D eigenvalue weighted by Crippen LogP contribution is -2.62. The summed E-state index contributed by atoms with van der Waals surface area (Å²) in [4.78, 5) is 25.0. The summed E-state index contributed by atoms with van der Waals surface area (Å²) in [5.74, 6) is -0.609. The van der Waals surface area contributed by atoms with Gasteiger partial charge in [-0.1, -0.05) is 32.1 Å². The van der Waals surface area contributed by atoms with Crippen molar-refractivity contribution in [2.45, 2.75) is 82.3 Å². The van der Waals surface area contributed by atoms with Crippen LogP contribution in [0.2, 0.25) is 0 Å². The summed E-state index contributed by atoms with van der Waals surface area (Å²) >= 11 is 0. The number of hydrogen-bond acceptors (Lipinski definition) is 4. The number of sulfonamides is 1. The van der Waals surface area contributed by atoms with Gasteiger partial charge in [0.15, 0.2) is 0 Å². The molecule has 2 amide bonds. The topological polar surface area (TPSA) is 104 Å². The summed E-state index contributed by atoms with van der Waals surface area (Å²) in [6.07, 6.45) is 8.74. The zero-order chi connectivity index (χ0) is 17.8. The molecule has 0 aliphatic heterocycles. The minimum atomic E-state index is -3.51. The summed E-state index contributed by atoms with van der Waals surface area (Å²) in [5.41, 5.74) is -1.13. The number of rotatable bonds is 6. The van der Waals surface area contributed by atoms with Crippen LogP contribution in [0.5, 0.6) is 0 Å². The largest absolute Gasteiger partial charge is 0.352 e. The Morgan fingerprint density at radius 3 is 2.17 bits per heavy atom. The van der Waals surface area contributed by atoms with Gasteiger partial charge < -0.3 is 10.6 Å². The quantitative estimate of drug-likeness (QED) is 0.652. The van der Waals surface area contributed by atoms with Crippen LogP contribution >= 0.6 is 0 Å². The van der Waals surface area contributed by atoms with E-state index >= 15 is 0 Å². The first-order valence-corrected chi connectivity index (χ1v) is 10.7. The third kappa shape index (κ3) is 5.17. The van der Waals surface area contributed by atoms with Gasteiger partial charge in [0.05, 0.1) is 6.26 Å².